The topological polar surface area (TPSA) is 82.3 Å². The molecule has 5 rings (SSSR count). The average Bonchev–Trinajstić information content (AvgIpc) is 3.48. The second-order valence-corrected chi connectivity index (χ2v) is 9.72. The van der Waals surface area contributed by atoms with Crippen LogP contribution in [0.5, 0.6) is 0 Å². The molecule has 180 valence electrons. The minimum absolute atomic E-state index is 0.0509. The zero-order valence-electron chi connectivity index (χ0n) is 19.6. The fourth-order valence-electron chi connectivity index (χ4n) is 5.58. The van der Waals surface area contributed by atoms with Gasteiger partial charge in [-0.3, -0.25) is 14.6 Å². The van der Waals surface area contributed by atoms with E-state index in [2.05, 4.69) is 4.98 Å². The predicted molar refractivity (Wildman–Crippen MR) is 131 cm³/mol. The first-order valence-corrected chi connectivity index (χ1v) is 12.2. The third-order valence-electron chi connectivity index (χ3n) is 7.40. The number of pyridine rings is 1. The number of aromatic nitrogens is 1. The molecule has 1 heterocycles. The number of benzene rings is 2. The Morgan fingerprint density at radius 2 is 1.91 bits per heavy atom. The molecular weight excluding hydrogens is 443 g/mol. The Hall–Kier alpha value is -3.38. The number of Topliss-reactive ketones (excluding diaryl/α,β-unsaturated/α-hetero) is 1. The van der Waals surface area contributed by atoms with Crippen LogP contribution < -0.4 is 5.73 Å². The smallest absolute Gasteiger partial charge is 0.310 e. The molecule has 1 aromatic heterocycles. The van der Waals surface area contributed by atoms with Gasteiger partial charge in [0.1, 0.15) is 11.9 Å². The highest BCUT2D eigenvalue weighted by atomic mass is 19.1. The van der Waals surface area contributed by atoms with Crippen LogP contribution in [-0.4, -0.2) is 22.8 Å². The third-order valence-corrected chi connectivity index (χ3v) is 7.40. The number of fused-ring (bicyclic) bond motifs is 2. The molecule has 0 radical (unpaired) electrons. The second kappa shape index (κ2) is 10.1. The Bertz CT molecular complexity index is 1260. The number of hydrogen-bond acceptors (Lipinski definition) is 5. The van der Waals surface area contributed by atoms with Crippen molar-refractivity contribution in [3.8, 4) is 11.1 Å². The van der Waals surface area contributed by atoms with Crippen LogP contribution in [0, 0.1) is 17.7 Å². The minimum Gasteiger partial charge on any atom is -0.462 e. The van der Waals surface area contributed by atoms with Gasteiger partial charge in [-0.15, -0.1) is 0 Å². The minimum atomic E-state index is -0.496. The van der Waals surface area contributed by atoms with E-state index in [0.717, 1.165) is 40.8 Å². The van der Waals surface area contributed by atoms with Crippen LogP contribution in [-0.2, 0) is 28.9 Å². The molecule has 2 aliphatic rings. The van der Waals surface area contributed by atoms with Gasteiger partial charge in [-0.05, 0) is 77.5 Å². The SMILES string of the molecule is NCc1ccc(C(=O)Cc2ccncc2F)cc1-c1cccc(CC(=O)OC2CC3CCC2C3)c1. The summed E-state index contributed by atoms with van der Waals surface area (Å²) in [6.45, 7) is 0.305. The van der Waals surface area contributed by atoms with Crippen LogP contribution in [0.15, 0.2) is 60.9 Å². The molecule has 3 aromatic rings. The zero-order valence-corrected chi connectivity index (χ0v) is 19.6. The first kappa shape index (κ1) is 23.4. The summed E-state index contributed by atoms with van der Waals surface area (Å²) in [5, 5.41) is 0. The van der Waals surface area contributed by atoms with Crippen molar-refractivity contribution in [1.29, 1.82) is 0 Å². The maximum atomic E-state index is 14.0. The number of nitrogens with two attached hydrogens (primary N) is 1. The molecule has 0 amide bonds. The summed E-state index contributed by atoms with van der Waals surface area (Å²) >= 11 is 0. The lowest BCUT2D eigenvalue weighted by Crippen LogP contribution is -2.24. The molecule has 35 heavy (non-hydrogen) atoms. The molecule has 5 nitrogen and oxygen atoms in total. The van der Waals surface area contributed by atoms with E-state index >= 15 is 0 Å². The van der Waals surface area contributed by atoms with Crippen LogP contribution in [0.2, 0.25) is 0 Å². The van der Waals surface area contributed by atoms with E-state index in [1.54, 1.807) is 12.1 Å². The lowest BCUT2D eigenvalue weighted by atomic mass is 9.93. The molecule has 3 atom stereocenters. The van der Waals surface area contributed by atoms with Crippen LogP contribution >= 0.6 is 0 Å². The van der Waals surface area contributed by atoms with E-state index in [0.29, 0.717) is 23.6 Å². The fraction of sp³-hybridized carbons (Fsp3) is 0.345. The summed E-state index contributed by atoms with van der Waals surface area (Å²) in [5.41, 5.74) is 10.2. The number of carbonyl (C=O) groups is 2. The number of rotatable bonds is 8. The van der Waals surface area contributed by atoms with Gasteiger partial charge in [-0.25, -0.2) is 4.39 Å². The van der Waals surface area contributed by atoms with Gasteiger partial charge in [0, 0.05) is 24.7 Å². The monoisotopic (exact) mass is 472 g/mol. The van der Waals surface area contributed by atoms with Crippen molar-refractivity contribution in [2.45, 2.75) is 51.2 Å². The molecular formula is C29H29FN2O3. The number of carbonyl (C=O) groups excluding carboxylic acids is 2. The maximum absolute atomic E-state index is 14.0. The van der Waals surface area contributed by atoms with Crippen molar-refractivity contribution in [2.75, 3.05) is 0 Å². The Labute approximate surface area is 204 Å². The molecule has 6 heteroatoms. The summed E-state index contributed by atoms with van der Waals surface area (Å²) in [7, 11) is 0. The third kappa shape index (κ3) is 5.17. The van der Waals surface area contributed by atoms with E-state index in [4.69, 9.17) is 10.5 Å². The van der Waals surface area contributed by atoms with Crippen molar-refractivity contribution in [1.82, 2.24) is 4.98 Å². The van der Waals surface area contributed by atoms with Gasteiger partial charge in [-0.1, -0.05) is 36.4 Å². The Kier molecular flexibility index (Phi) is 6.73. The van der Waals surface area contributed by atoms with Crippen molar-refractivity contribution >= 4 is 11.8 Å². The zero-order chi connectivity index (χ0) is 24.4. The van der Waals surface area contributed by atoms with Gasteiger partial charge >= 0.3 is 5.97 Å². The van der Waals surface area contributed by atoms with Gasteiger partial charge in [0.2, 0.25) is 0 Å². The molecule has 2 aliphatic carbocycles. The fourth-order valence-corrected chi connectivity index (χ4v) is 5.58. The molecule has 2 saturated carbocycles. The highest BCUT2D eigenvalue weighted by Crippen LogP contribution is 2.46. The van der Waals surface area contributed by atoms with Crippen molar-refractivity contribution in [3.63, 3.8) is 0 Å². The lowest BCUT2D eigenvalue weighted by Gasteiger charge is -2.22. The van der Waals surface area contributed by atoms with E-state index in [9.17, 15) is 14.0 Å². The molecule has 2 bridgehead atoms. The highest BCUT2D eigenvalue weighted by molar-refractivity contribution is 5.98. The Morgan fingerprint density at radius 1 is 1.03 bits per heavy atom. The summed E-state index contributed by atoms with van der Waals surface area (Å²) in [6, 6.07) is 14.6. The summed E-state index contributed by atoms with van der Waals surface area (Å²) < 4.78 is 19.8. The van der Waals surface area contributed by atoms with E-state index < -0.39 is 5.82 Å². The van der Waals surface area contributed by atoms with Crippen molar-refractivity contribution in [2.24, 2.45) is 17.6 Å². The first-order chi connectivity index (χ1) is 17.0. The van der Waals surface area contributed by atoms with Crippen LogP contribution in [0.1, 0.15) is 52.7 Å². The Morgan fingerprint density at radius 3 is 2.66 bits per heavy atom. The number of ether oxygens (including phenoxy) is 1. The number of nitrogens with zero attached hydrogens (tertiary/aromatic N) is 1. The molecule has 0 saturated heterocycles. The average molecular weight is 473 g/mol. The van der Waals surface area contributed by atoms with Crippen LogP contribution in [0.3, 0.4) is 0 Å². The van der Waals surface area contributed by atoms with E-state index in [1.165, 1.54) is 31.5 Å². The summed E-state index contributed by atoms with van der Waals surface area (Å²) in [5.74, 6) is 0.376. The largest absolute Gasteiger partial charge is 0.462 e. The molecule has 0 aliphatic heterocycles. The van der Waals surface area contributed by atoms with Gasteiger partial charge < -0.3 is 10.5 Å². The quantitative estimate of drug-likeness (QED) is 0.367. The Balaban J connectivity index is 1.33. The van der Waals surface area contributed by atoms with Gasteiger partial charge in [0.25, 0.3) is 0 Å². The van der Waals surface area contributed by atoms with Crippen LogP contribution in [0.4, 0.5) is 4.39 Å². The predicted octanol–water partition coefficient (Wildman–Crippen LogP) is 5.05. The van der Waals surface area contributed by atoms with Crippen molar-refractivity contribution < 1.29 is 18.7 Å². The maximum Gasteiger partial charge on any atom is 0.310 e. The molecule has 0 spiro atoms. The number of hydrogen-bond donors (Lipinski definition) is 1. The summed E-state index contributed by atoms with van der Waals surface area (Å²) in [4.78, 5) is 29.3. The number of ketones is 1. The standard InChI is InChI=1S/C29H29FN2O3/c30-26-17-32-9-8-21(26)15-27(33)22-6-7-24(16-31)25(14-22)20-3-1-2-18(10-20)13-29(34)35-28-12-19-4-5-23(28)11-19/h1-3,6-10,14,17,19,23,28H,4-5,11-13,15-16,31H2. The normalized spacial score (nSPS) is 20.7. The summed E-state index contributed by atoms with van der Waals surface area (Å²) in [6.07, 6.45) is 7.44. The molecule has 2 fully saturated rings. The molecule has 3 unspecified atom stereocenters. The number of halogens is 1. The molecule has 2 N–H and O–H groups in total. The number of esters is 1. The lowest BCUT2D eigenvalue weighted by molar-refractivity contribution is -0.150. The second-order valence-electron chi connectivity index (χ2n) is 9.72. The highest BCUT2D eigenvalue weighted by Gasteiger charge is 2.41. The van der Waals surface area contributed by atoms with Crippen molar-refractivity contribution in [3.05, 3.63) is 89.0 Å². The van der Waals surface area contributed by atoms with E-state index in [1.807, 2.05) is 30.3 Å². The van der Waals surface area contributed by atoms with Gasteiger partial charge in [0.05, 0.1) is 12.6 Å². The first-order valence-electron chi connectivity index (χ1n) is 12.2. The van der Waals surface area contributed by atoms with Gasteiger partial charge in [-0.2, -0.15) is 0 Å². The van der Waals surface area contributed by atoms with E-state index in [-0.39, 0.29) is 30.7 Å². The van der Waals surface area contributed by atoms with Crippen LogP contribution in [0.25, 0.3) is 11.1 Å². The van der Waals surface area contributed by atoms with Gasteiger partial charge in [0.15, 0.2) is 5.78 Å². The molecule has 2 aromatic carbocycles.